The van der Waals surface area contributed by atoms with Crippen molar-refractivity contribution in [3.05, 3.63) is 59.7 Å². The van der Waals surface area contributed by atoms with E-state index < -0.39 is 0 Å². The van der Waals surface area contributed by atoms with Gasteiger partial charge in [-0.2, -0.15) is 0 Å². The van der Waals surface area contributed by atoms with E-state index in [1.165, 1.54) is 0 Å². The number of nitrogens with one attached hydrogen (secondary N) is 1. The number of hydrogen-bond acceptors (Lipinski definition) is 3. The van der Waals surface area contributed by atoms with Gasteiger partial charge >= 0.3 is 0 Å². The van der Waals surface area contributed by atoms with Gasteiger partial charge in [0.05, 0.1) is 13.5 Å². The molecule has 0 fully saturated rings. The SMILES string of the molecule is COc1ccc(CNC(=O)Cc2ccc(O)cc2)cc1. The monoisotopic (exact) mass is 271 g/mol. The summed E-state index contributed by atoms with van der Waals surface area (Å²) in [5, 5.41) is 12.0. The van der Waals surface area contributed by atoms with Crippen molar-refractivity contribution in [1.82, 2.24) is 5.32 Å². The predicted molar refractivity (Wildman–Crippen MR) is 76.7 cm³/mol. The van der Waals surface area contributed by atoms with Crippen molar-refractivity contribution in [2.45, 2.75) is 13.0 Å². The summed E-state index contributed by atoms with van der Waals surface area (Å²) >= 11 is 0. The van der Waals surface area contributed by atoms with E-state index in [4.69, 9.17) is 4.74 Å². The Morgan fingerprint density at radius 3 is 2.25 bits per heavy atom. The van der Waals surface area contributed by atoms with Gasteiger partial charge in [0.25, 0.3) is 0 Å². The summed E-state index contributed by atoms with van der Waals surface area (Å²) in [7, 11) is 1.62. The standard InChI is InChI=1S/C16H17NO3/c1-20-15-8-4-13(5-9-15)11-17-16(19)10-12-2-6-14(18)7-3-12/h2-9,18H,10-11H2,1H3,(H,17,19). The number of rotatable bonds is 5. The summed E-state index contributed by atoms with van der Waals surface area (Å²) in [4.78, 5) is 11.8. The Morgan fingerprint density at radius 2 is 1.65 bits per heavy atom. The molecule has 0 saturated carbocycles. The molecule has 4 nitrogen and oxygen atoms in total. The lowest BCUT2D eigenvalue weighted by Crippen LogP contribution is -2.24. The topological polar surface area (TPSA) is 58.6 Å². The molecule has 4 heteroatoms. The van der Waals surface area contributed by atoms with Crippen LogP contribution in [0.1, 0.15) is 11.1 Å². The molecule has 104 valence electrons. The van der Waals surface area contributed by atoms with Crippen LogP contribution in [0.4, 0.5) is 0 Å². The first kappa shape index (κ1) is 13.9. The molecule has 2 aromatic rings. The summed E-state index contributed by atoms with van der Waals surface area (Å²) in [5.74, 6) is 0.947. The van der Waals surface area contributed by atoms with Crippen LogP contribution in [0.3, 0.4) is 0 Å². The molecule has 0 bridgehead atoms. The zero-order valence-corrected chi connectivity index (χ0v) is 11.3. The largest absolute Gasteiger partial charge is 0.508 e. The number of amides is 1. The van der Waals surface area contributed by atoms with E-state index in [2.05, 4.69) is 5.32 Å². The van der Waals surface area contributed by atoms with Crippen molar-refractivity contribution in [2.24, 2.45) is 0 Å². The average Bonchev–Trinajstić information content (AvgIpc) is 2.48. The minimum atomic E-state index is -0.0495. The normalized spacial score (nSPS) is 10.1. The van der Waals surface area contributed by atoms with Gasteiger partial charge in [0.15, 0.2) is 0 Å². The molecule has 0 aliphatic heterocycles. The van der Waals surface area contributed by atoms with Crippen molar-refractivity contribution >= 4 is 5.91 Å². The van der Waals surface area contributed by atoms with Gasteiger partial charge < -0.3 is 15.2 Å². The Balaban J connectivity index is 1.83. The Bertz CT molecular complexity index is 561. The minimum absolute atomic E-state index is 0.0495. The van der Waals surface area contributed by atoms with Crippen LogP contribution in [0.2, 0.25) is 0 Å². The van der Waals surface area contributed by atoms with E-state index in [9.17, 15) is 9.90 Å². The molecule has 0 atom stereocenters. The molecule has 0 radical (unpaired) electrons. The number of carbonyl (C=O) groups excluding carboxylic acids is 1. The third-order valence-electron chi connectivity index (χ3n) is 2.95. The van der Waals surface area contributed by atoms with E-state index in [-0.39, 0.29) is 11.7 Å². The molecule has 0 unspecified atom stereocenters. The van der Waals surface area contributed by atoms with E-state index in [0.29, 0.717) is 13.0 Å². The van der Waals surface area contributed by atoms with Crippen molar-refractivity contribution < 1.29 is 14.6 Å². The van der Waals surface area contributed by atoms with Gasteiger partial charge in [0, 0.05) is 6.54 Å². The van der Waals surface area contributed by atoms with Gasteiger partial charge in [0.2, 0.25) is 5.91 Å². The molecule has 2 rings (SSSR count). The summed E-state index contributed by atoms with van der Waals surface area (Å²) < 4.78 is 5.08. The van der Waals surface area contributed by atoms with Crippen molar-refractivity contribution in [1.29, 1.82) is 0 Å². The van der Waals surface area contributed by atoms with Crippen LogP contribution < -0.4 is 10.1 Å². The first-order valence-corrected chi connectivity index (χ1v) is 6.35. The molecule has 0 heterocycles. The maximum absolute atomic E-state index is 11.8. The molecular formula is C16H17NO3. The second-order valence-electron chi connectivity index (χ2n) is 4.47. The number of carbonyl (C=O) groups is 1. The fourth-order valence-electron chi connectivity index (χ4n) is 1.81. The minimum Gasteiger partial charge on any atom is -0.508 e. The quantitative estimate of drug-likeness (QED) is 0.877. The summed E-state index contributed by atoms with van der Waals surface area (Å²) in [5.41, 5.74) is 1.89. The zero-order chi connectivity index (χ0) is 14.4. The van der Waals surface area contributed by atoms with Gasteiger partial charge in [-0.3, -0.25) is 4.79 Å². The molecule has 2 N–H and O–H groups in total. The van der Waals surface area contributed by atoms with E-state index in [0.717, 1.165) is 16.9 Å². The number of ether oxygens (including phenoxy) is 1. The van der Waals surface area contributed by atoms with Crippen LogP contribution in [-0.2, 0) is 17.8 Å². The first-order valence-electron chi connectivity index (χ1n) is 6.35. The third kappa shape index (κ3) is 4.02. The molecule has 1 amide bonds. The van der Waals surface area contributed by atoms with Crippen LogP contribution in [0, 0.1) is 0 Å². The number of benzene rings is 2. The third-order valence-corrected chi connectivity index (χ3v) is 2.95. The number of phenols is 1. The number of methoxy groups -OCH3 is 1. The van der Waals surface area contributed by atoms with Crippen molar-refractivity contribution in [2.75, 3.05) is 7.11 Å². The van der Waals surface area contributed by atoms with Crippen molar-refractivity contribution in [3.8, 4) is 11.5 Å². The number of phenolic OH excluding ortho intramolecular Hbond substituents is 1. The van der Waals surface area contributed by atoms with Crippen LogP contribution in [0.25, 0.3) is 0 Å². The summed E-state index contributed by atoms with van der Waals surface area (Å²) in [6, 6.07) is 14.2. The summed E-state index contributed by atoms with van der Waals surface area (Å²) in [6.45, 7) is 0.487. The van der Waals surface area contributed by atoms with Gasteiger partial charge in [-0.05, 0) is 35.4 Å². The Kier molecular flexibility index (Phi) is 4.60. The highest BCUT2D eigenvalue weighted by Crippen LogP contribution is 2.12. The van der Waals surface area contributed by atoms with Crippen LogP contribution in [0.15, 0.2) is 48.5 Å². The van der Waals surface area contributed by atoms with Gasteiger partial charge in [-0.15, -0.1) is 0 Å². The molecular weight excluding hydrogens is 254 g/mol. The van der Waals surface area contributed by atoms with Crippen LogP contribution >= 0.6 is 0 Å². The average molecular weight is 271 g/mol. The Morgan fingerprint density at radius 1 is 1.05 bits per heavy atom. The molecule has 2 aromatic carbocycles. The van der Waals surface area contributed by atoms with Gasteiger partial charge in [-0.1, -0.05) is 24.3 Å². The lowest BCUT2D eigenvalue weighted by atomic mass is 10.1. The van der Waals surface area contributed by atoms with E-state index >= 15 is 0 Å². The van der Waals surface area contributed by atoms with Crippen molar-refractivity contribution in [3.63, 3.8) is 0 Å². The fraction of sp³-hybridized carbons (Fsp3) is 0.188. The lowest BCUT2D eigenvalue weighted by Gasteiger charge is -2.06. The van der Waals surface area contributed by atoms with E-state index in [1.807, 2.05) is 24.3 Å². The zero-order valence-electron chi connectivity index (χ0n) is 11.3. The summed E-state index contributed by atoms with van der Waals surface area (Å²) in [6.07, 6.45) is 0.302. The highest BCUT2D eigenvalue weighted by Gasteiger charge is 2.03. The maximum Gasteiger partial charge on any atom is 0.224 e. The first-order chi connectivity index (χ1) is 9.67. The molecule has 0 aliphatic rings. The van der Waals surface area contributed by atoms with Crippen LogP contribution in [0.5, 0.6) is 11.5 Å². The maximum atomic E-state index is 11.8. The second kappa shape index (κ2) is 6.61. The molecule has 0 saturated heterocycles. The number of hydrogen-bond donors (Lipinski definition) is 2. The van der Waals surface area contributed by atoms with E-state index in [1.54, 1.807) is 31.4 Å². The molecule has 0 spiro atoms. The molecule has 0 aromatic heterocycles. The second-order valence-corrected chi connectivity index (χ2v) is 4.47. The smallest absolute Gasteiger partial charge is 0.224 e. The van der Waals surface area contributed by atoms with Gasteiger partial charge in [0.1, 0.15) is 11.5 Å². The predicted octanol–water partition coefficient (Wildman–Crippen LogP) is 2.26. The highest BCUT2D eigenvalue weighted by atomic mass is 16.5. The van der Waals surface area contributed by atoms with Gasteiger partial charge in [-0.25, -0.2) is 0 Å². The molecule has 0 aliphatic carbocycles. The number of aromatic hydroxyl groups is 1. The van der Waals surface area contributed by atoms with Crippen LogP contribution in [-0.4, -0.2) is 18.1 Å². The lowest BCUT2D eigenvalue weighted by molar-refractivity contribution is -0.120. The fourth-order valence-corrected chi connectivity index (χ4v) is 1.81. The Labute approximate surface area is 118 Å². The highest BCUT2D eigenvalue weighted by molar-refractivity contribution is 5.78. The molecule has 20 heavy (non-hydrogen) atoms. The Hall–Kier alpha value is -2.49.